The van der Waals surface area contributed by atoms with Gasteiger partial charge in [-0.25, -0.2) is 8.42 Å². The summed E-state index contributed by atoms with van der Waals surface area (Å²) < 4.78 is 24.1. The zero-order chi connectivity index (χ0) is 13.1. The van der Waals surface area contributed by atoms with Gasteiger partial charge in [0, 0.05) is 37.7 Å². The molecule has 0 aliphatic rings. The van der Waals surface area contributed by atoms with E-state index in [1.165, 1.54) is 6.26 Å². The second-order valence-corrected chi connectivity index (χ2v) is 7.49. The lowest BCUT2D eigenvalue weighted by molar-refractivity contribution is 0.521. The van der Waals surface area contributed by atoms with Crippen LogP contribution in [0.25, 0.3) is 0 Å². The van der Waals surface area contributed by atoms with Gasteiger partial charge in [0.15, 0.2) is 9.84 Å². The molecule has 1 heterocycles. The summed E-state index contributed by atoms with van der Waals surface area (Å²) in [5.41, 5.74) is 1.07. The van der Waals surface area contributed by atoms with E-state index in [0.717, 1.165) is 12.1 Å². The predicted octanol–water partition coefficient (Wildman–Crippen LogP) is 0.816. The van der Waals surface area contributed by atoms with Crippen LogP contribution < -0.4 is 5.32 Å². The molecule has 0 amide bonds. The standard InChI is InChI=1S/C11H21N3O2S/c1-5-14-8-10(7-13-14)6-12-9-11(2,3)17(4,15)16/h7-8,12H,5-6,9H2,1-4H3. The van der Waals surface area contributed by atoms with Crippen LogP contribution in [0.1, 0.15) is 26.3 Å². The number of nitrogens with one attached hydrogen (secondary N) is 1. The number of sulfone groups is 1. The maximum absolute atomic E-state index is 11.5. The Morgan fingerprint density at radius 1 is 1.47 bits per heavy atom. The van der Waals surface area contributed by atoms with Gasteiger partial charge in [0.25, 0.3) is 0 Å². The number of hydrogen-bond donors (Lipinski definition) is 1. The van der Waals surface area contributed by atoms with Crippen LogP contribution in [-0.4, -0.2) is 35.7 Å². The topological polar surface area (TPSA) is 64.0 Å². The third kappa shape index (κ3) is 3.81. The van der Waals surface area contributed by atoms with E-state index in [2.05, 4.69) is 10.4 Å². The zero-order valence-corrected chi connectivity index (χ0v) is 11.7. The van der Waals surface area contributed by atoms with E-state index in [4.69, 9.17) is 0 Å². The Balaban J connectivity index is 2.48. The third-order valence-corrected chi connectivity index (χ3v) is 5.05. The fourth-order valence-electron chi connectivity index (χ4n) is 1.31. The van der Waals surface area contributed by atoms with Crippen LogP contribution in [0.5, 0.6) is 0 Å². The van der Waals surface area contributed by atoms with Crippen LogP contribution in [0, 0.1) is 0 Å². The highest BCUT2D eigenvalue weighted by atomic mass is 32.2. The summed E-state index contributed by atoms with van der Waals surface area (Å²) in [6, 6.07) is 0. The molecule has 1 N–H and O–H groups in total. The smallest absolute Gasteiger partial charge is 0.153 e. The Hall–Kier alpha value is -0.880. The van der Waals surface area contributed by atoms with E-state index in [-0.39, 0.29) is 0 Å². The monoisotopic (exact) mass is 259 g/mol. The second-order valence-electron chi connectivity index (χ2n) is 4.84. The number of nitrogens with zero attached hydrogens (tertiary/aromatic N) is 2. The molecule has 1 aromatic rings. The Bertz CT molecular complexity index is 463. The molecule has 0 saturated carbocycles. The fourth-order valence-corrected chi connectivity index (χ4v) is 1.67. The number of aryl methyl sites for hydroxylation is 1. The molecule has 0 radical (unpaired) electrons. The first kappa shape index (κ1) is 14.2. The molecule has 5 nitrogen and oxygen atoms in total. The molecule has 6 heteroatoms. The van der Waals surface area contributed by atoms with Crippen molar-refractivity contribution in [3.8, 4) is 0 Å². The Labute approximate surface area is 103 Å². The Morgan fingerprint density at radius 2 is 2.12 bits per heavy atom. The van der Waals surface area contributed by atoms with Crippen molar-refractivity contribution in [2.24, 2.45) is 0 Å². The van der Waals surface area contributed by atoms with E-state index >= 15 is 0 Å². The third-order valence-electron chi connectivity index (χ3n) is 2.89. The molecule has 0 spiro atoms. The van der Waals surface area contributed by atoms with E-state index in [1.807, 2.05) is 17.8 Å². The first-order chi connectivity index (χ1) is 7.76. The first-order valence-electron chi connectivity index (χ1n) is 5.68. The molecule has 0 atom stereocenters. The average molecular weight is 259 g/mol. The minimum Gasteiger partial charge on any atom is -0.311 e. The van der Waals surface area contributed by atoms with Crippen LogP contribution >= 0.6 is 0 Å². The summed E-state index contributed by atoms with van der Waals surface area (Å²) in [5, 5.41) is 7.31. The molecular formula is C11H21N3O2S. The molecule has 0 aliphatic heterocycles. The van der Waals surface area contributed by atoms with Gasteiger partial charge in [0.2, 0.25) is 0 Å². The molecule has 1 aromatic heterocycles. The van der Waals surface area contributed by atoms with E-state index in [1.54, 1.807) is 20.0 Å². The molecule has 1 rings (SSSR count). The second kappa shape index (κ2) is 5.18. The Morgan fingerprint density at radius 3 is 2.59 bits per heavy atom. The molecule has 0 unspecified atom stereocenters. The van der Waals surface area contributed by atoms with Gasteiger partial charge in [0.1, 0.15) is 0 Å². The van der Waals surface area contributed by atoms with Crippen LogP contribution in [0.3, 0.4) is 0 Å². The van der Waals surface area contributed by atoms with Crippen molar-refractivity contribution in [3.05, 3.63) is 18.0 Å². The molecule has 0 saturated heterocycles. The summed E-state index contributed by atoms with van der Waals surface area (Å²) in [6.07, 6.45) is 5.02. The van der Waals surface area contributed by atoms with Crippen molar-refractivity contribution in [1.29, 1.82) is 0 Å². The van der Waals surface area contributed by atoms with Crippen molar-refractivity contribution < 1.29 is 8.42 Å². The molecular weight excluding hydrogens is 238 g/mol. The summed E-state index contributed by atoms with van der Waals surface area (Å²) in [4.78, 5) is 0. The minimum atomic E-state index is -3.04. The summed E-state index contributed by atoms with van der Waals surface area (Å²) in [7, 11) is -3.04. The van der Waals surface area contributed by atoms with Gasteiger partial charge in [-0.3, -0.25) is 4.68 Å². The van der Waals surface area contributed by atoms with Gasteiger partial charge >= 0.3 is 0 Å². The molecule has 0 bridgehead atoms. The summed E-state index contributed by atoms with van der Waals surface area (Å²) in [5.74, 6) is 0. The zero-order valence-electron chi connectivity index (χ0n) is 10.9. The maximum atomic E-state index is 11.5. The number of rotatable bonds is 6. The van der Waals surface area contributed by atoms with Crippen molar-refractivity contribution in [1.82, 2.24) is 15.1 Å². The SMILES string of the molecule is CCn1cc(CNCC(C)(C)S(C)(=O)=O)cn1. The van der Waals surface area contributed by atoms with Gasteiger partial charge in [-0.05, 0) is 20.8 Å². The predicted molar refractivity (Wildman–Crippen MR) is 68.5 cm³/mol. The van der Waals surface area contributed by atoms with Crippen molar-refractivity contribution >= 4 is 9.84 Å². The summed E-state index contributed by atoms with van der Waals surface area (Å²) in [6.45, 7) is 7.39. The van der Waals surface area contributed by atoms with Crippen molar-refractivity contribution in [2.75, 3.05) is 12.8 Å². The van der Waals surface area contributed by atoms with Crippen molar-refractivity contribution in [3.63, 3.8) is 0 Å². The maximum Gasteiger partial charge on any atom is 0.153 e. The highest BCUT2D eigenvalue weighted by molar-refractivity contribution is 7.92. The van der Waals surface area contributed by atoms with E-state index in [9.17, 15) is 8.42 Å². The molecule has 17 heavy (non-hydrogen) atoms. The van der Waals surface area contributed by atoms with Crippen LogP contribution in [-0.2, 0) is 22.9 Å². The molecule has 0 aromatic carbocycles. The highest BCUT2D eigenvalue weighted by Gasteiger charge is 2.29. The van der Waals surface area contributed by atoms with E-state index < -0.39 is 14.6 Å². The minimum absolute atomic E-state index is 0.434. The summed E-state index contributed by atoms with van der Waals surface area (Å²) >= 11 is 0. The molecule has 0 aliphatic carbocycles. The Kier molecular flexibility index (Phi) is 4.32. The van der Waals surface area contributed by atoms with Gasteiger partial charge in [-0.1, -0.05) is 0 Å². The van der Waals surface area contributed by atoms with Crippen LogP contribution in [0.2, 0.25) is 0 Å². The lowest BCUT2D eigenvalue weighted by atomic mass is 10.2. The lowest BCUT2D eigenvalue weighted by Gasteiger charge is -2.22. The van der Waals surface area contributed by atoms with Gasteiger partial charge in [0.05, 0.1) is 10.9 Å². The number of aromatic nitrogens is 2. The number of hydrogen-bond acceptors (Lipinski definition) is 4. The van der Waals surface area contributed by atoms with Crippen LogP contribution in [0.15, 0.2) is 12.4 Å². The first-order valence-corrected chi connectivity index (χ1v) is 7.57. The lowest BCUT2D eigenvalue weighted by Crippen LogP contribution is -2.41. The average Bonchev–Trinajstić information content (AvgIpc) is 2.63. The van der Waals surface area contributed by atoms with Gasteiger partial charge in [-0.15, -0.1) is 0 Å². The van der Waals surface area contributed by atoms with Gasteiger partial charge < -0.3 is 5.32 Å². The fraction of sp³-hybridized carbons (Fsp3) is 0.727. The molecule has 98 valence electrons. The van der Waals surface area contributed by atoms with Crippen LogP contribution in [0.4, 0.5) is 0 Å². The largest absolute Gasteiger partial charge is 0.311 e. The normalized spacial score (nSPS) is 12.9. The van der Waals surface area contributed by atoms with Gasteiger partial charge in [-0.2, -0.15) is 5.10 Å². The quantitative estimate of drug-likeness (QED) is 0.821. The molecule has 0 fully saturated rings. The highest BCUT2D eigenvalue weighted by Crippen LogP contribution is 2.13. The van der Waals surface area contributed by atoms with E-state index in [0.29, 0.717) is 13.1 Å². The van der Waals surface area contributed by atoms with Crippen molar-refractivity contribution in [2.45, 2.75) is 38.6 Å².